The van der Waals surface area contributed by atoms with Crippen LogP contribution < -0.4 is 30.2 Å². The first-order valence-corrected chi connectivity index (χ1v) is 13.1. The number of ether oxygens (including phenoxy) is 3. The van der Waals surface area contributed by atoms with Gasteiger partial charge in [0.2, 0.25) is 17.6 Å². The Morgan fingerprint density at radius 2 is 1.49 bits per heavy atom. The van der Waals surface area contributed by atoms with Gasteiger partial charge < -0.3 is 35.3 Å². The summed E-state index contributed by atoms with van der Waals surface area (Å²) in [6.45, 7) is 5.14. The third-order valence-corrected chi connectivity index (χ3v) is 6.14. The van der Waals surface area contributed by atoms with Gasteiger partial charge in [0, 0.05) is 30.6 Å². The fraction of sp³-hybridized carbons (Fsp3) is 0.448. The second-order valence-electron chi connectivity index (χ2n) is 10.2. The maximum absolute atomic E-state index is 13.0. The van der Waals surface area contributed by atoms with E-state index in [0.717, 1.165) is 10.5 Å². The molecule has 2 aromatic carbocycles. The number of amides is 4. The minimum atomic E-state index is -1.23. The monoisotopic (exact) mass is 572 g/mol. The standard InChI is InChI=1S/C29H40N4O8/c1-29(2,3)33(28(37)38)18-24(34)32-21(15-19-11-8-7-9-12-19)27(36)31-14-10-13-30-26(35)20-16-22(39-4)25(41-6)23(17-20)40-5/h7-9,11-12,16-17,21H,10,13-15,18H2,1-6H3,(H,30,35)(H,31,36)(H,32,34)(H,37,38). The zero-order valence-electron chi connectivity index (χ0n) is 24.4. The van der Waals surface area contributed by atoms with Gasteiger partial charge in [-0.05, 0) is 44.9 Å². The fourth-order valence-electron chi connectivity index (χ4n) is 3.97. The molecule has 0 saturated heterocycles. The van der Waals surface area contributed by atoms with Crippen molar-refractivity contribution in [3.8, 4) is 17.2 Å². The van der Waals surface area contributed by atoms with Crippen LogP contribution in [0.2, 0.25) is 0 Å². The maximum Gasteiger partial charge on any atom is 0.408 e. The molecule has 0 saturated carbocycles. The van der Waals surface area contributed by atoms with Crippen LogP contribution in [-0.4, -0.2) is 86.4 Å². The van der Waals surface area contributed by atoms with Crippen molar-refractivity contribution in [3.05, 3.63) is 53.6 Å². The molecule has 0 aliphatic carbocycles. The van der Waals surface area contributed by atoms with Crippen molar-refractivity contribution in [2.45, 2.75) is 45.2 Å². The van der Waals surface area contributed by atoms with E-state index in [0.29, 0.717) is 29.2 Å². The van der Waals surface area contributed by atoms with Gasteiger partial charge in [0.1, 0.15) is 12.6 Å². The fourth-order valence-corrected chi connectivity index (χ4v) is 3.97. The first kappa shape index (κ1) is 32.7. The van der Waals surface area contributed by atoms with Gasteiger partial charge in [0.25, 0.3) is 5.91 Å². The number of carbonyl (C=O) groups excluding carboxylic acids is 3. The molecule has 4 amide bonds. The molecule has 2 aromatic rings. The summed E-state index contributed by atoms with van der Waals surface area (Å²) < 4.78 is 15.8. The van der Waals surface area contributed by atoms with E-state index in [1.807, 2.05) is 30.3 Å². The highest BCUT2D eigenvalue weighted by Crippen LogP contribution is 2.38. The molecule has 12 nitrogen and oxygen atoms in total. The van der Waals surface area contributed by atoms with E-state index in [-0.39, 0.29) is 25.4 Å². The number of rotatable bonds is 14. The molecule has 1 atom stereocenters. The minimum absolute atomic E-state index is 0.221. The van der Waals surface area contributed by atoms with E-state index in [2.05, 4.69) is 16.0 Å². The van der Waals surface area contributed by atoms with Crippen LogP contribution in [0.25, 0.3) is 0 Å². The van der Waals surface area contributed by atoms with E-state index < -0.39 is 36.0 Å². The Labute approximate surface area is 240 Å². The molecule has 2 rings (SSSR count). The molecule has 12 heteroatoms. The largest absolute Gasteiger partial charge is 0.493 e. The van der Waals surface area contributed by atoms with Gasteiger partial charge in [-0.2, -0.15) is 0 Å². The van der Waals surface area contributed by atoms with E-state index in [1.54, 1.807) is 32.9 Å². The lowest BCUT2D eigenvalue weighted by atomic mass is 10.0. The van der Waals surface area contributed by atoms with Crippen molar-refractivity contribution in [1.29, 1.82) is 0 Å². The van der Waals surface area contributed by atoms with Crippen molar-refractivity contribution >= 4 is 23.8 Å². The van der Waals surface area contributed by atoms with Crippen LogP contribution in [0.1, 0.15) is 43.1 Å². The Kier molecular flexibility index (Phi) is 12.2. The lowest BCUT2D eigenvalue weighted by Crippen LogP contribution is -2.54. The average Bonchev–Trinajstić information content (AvgIpc) is 2.93. The average molecular weight is 573 g/mol. The van der Waals surface area contributed by atoms with Gasteiger partial charge >= 0.3 is 6.09 Å². The van der Waals surface area contributed by atoms with Crippen LogP contribution in [0.15, 0.2) is 42.5 Å². The summed E-state index contributed by atoms with van der Waals surface area (Å²) in [4.78, 5) is 51.1. The molecule has 0 aliphatic heterocycles. The molecule has 0 bridgehead atoms. The molecule has 224 valence electrons. The molecule has 0 aliphatic rings. The van der Waals surface area contributed by atoms with Crippen LogP contribution >= 0.6 is 0 Å². The summed E-state index contributed by atoms with van der Waals surface area (Å²) >= 11 is 0. The highest BCUT2D eigenvalue weighted by Gasteiger charge is 2.30. The Morgan fingerprint density at radius 3 is 2.00 bits per heavy atom. The molecule has 0 aromatic heterocycles. The number of carboxylic acid groups (broad SMARTS) is 1. The molecular weight excluding hydrogens is 532 g/mol. The number of hydrogen-bond donors (Lipinski definition) is 4. The van der Waals surface area contributed by atoms with Gasteiger partial charge in [-0.1, -0.05) is 30.3 Å². The molecule has 0 spiro atoms. The smallest absolute Gasteiger partial charge is 0.408 e. The van der Waals surface area contributed by atoms with Crippen LogP contribution in [-0.2, 0) is 16.0 Å². The quantitative estimate of drug-likeness (QED) is 0.252. The van der Waals surface area contributed by atoms with Crippen LogP contribution in [0.4, 0.5) is 4.79 Å². The van der Waals surface area contributed by atoms with Gasteiger partial charge in [0.05, 0.1) is 21.3 Å². The normalized spacial score (nSPS) is 11.6. The van der Waals surface area contributed by atoms with Crippen LogP contribution in [0.3, 0.4) is 0 Å². The second kappa shape index (κ2) is 15.3. The molecule has 41 heavy (non-hydrogen) atoms. The molecular formula is C29H40N4O8. The molecule has 0 fully saturated rings. The van der Waals surface area contributed by atoms with Crippen molar-refractivity contribution in [1.82, 2.24) is 20.9 Å². The lowest BCUT2D eigenvalue weighted by Gasteiger charge is -2.33. The number of hydrogen-bond acceptors (Lipinski definition) is 7. The summed E-state index contributed by atoms with van der Waals surface area (Å²) in [5, 5.41) is 17.8. The van der Waals surface area contributed by atoms with Gasteiger partial charge in [-0.3, -0.25) is 19.3 Å². The zero-order chi connectivity index (χ0) is 30.6. The summed E-state index contributed by atoms with van der Waals surface area (Å²) in [6.07, 6.45) is -0.589. The third-order valence-electron chi connectivity index (χ3n) is 6.14. The van der Waals surface area contributed by atoms with Crippen molar-refractivity contribution in [2.24, 2.45) is 0 Å². The van der Waals surface area contributed by atoms with Gasteiger partial charge in [-0.15, -0.1) is 0 Å². The number of methoxy groups -OCH3 is 3. The summed E-state index contributed by atoms with van der Waals surface area (Å²) in [7, 11) is 4.39. The highest BCUT2D eigenvalue weighted by atomic mass is 16.5. The summed E-state index contributed by atoms with van der Waals surface area (Å²) in [5.41, 5.74) is 0.351. The van der Waals surface area contributed by atoms with E-state index in [4.69, 9.17) is 14.2 Å². The van der Waals surface area contributed by atoms with Crippen molar-refractivity contribution < 1.29 is 38.5 Å². The van der Waals surface area contributed by atoms with E-state index >= 15 is 0 Å². The zero-order valence-corrected chi connectivity index (χ0v) is 24.4. The third kappa shape index (κ3) is 9.89. The lowest BCUT2D eigenvalue weighted by molar-refractivity contribution is -0.129. The highest BCUT2D eigenvalue weighted by molar-refractivity contribution is 5.95. The number of benzene rings is 2. The number of carbonyl (C=O) groups is 4. The predicted octanol–water partition coefficient (Wildman–Crippen LogP) is 2.45. The number of nitrogens with one attached hydrogen (secondary N) is 3. The van der Waals surface area contributed by atoms with Crippen molar-refractivity contribution in [3.63, 3.8) is 0 Å². The van der Waals surface area contributed by atoms with Crippen LogP contribution in [0, 0.1) is 0 Å². The Morgan fingerprint density at radius 1 is 0.902 bits per heavy atom. The first-order valence-electron chi connectivity index (χ1n) is 13.1. The van der Waals surface area contributed by atoms with E-state index in [9.17, 15) is 24.3 Å². The van der Waals surface area contributed by atoms with Crippen LogP contribution in [0.5, 0.6) is 17.2 Å². The summed E-state index contributed by atoms with van der Waals surface area (Å²) in [5.74, 6) is -0.284. The maximum atomic E-state index is 13.0. The Balaban J connectivity index is 1.97. The first-order chi connectivity index (χ1) is 19.4. The Bertz CT molecular complexity index is 1170. The molecule has 0 radical (unpaired) electrons. The molecule has 0 heterocycles. The van der Waals surface area contributed by atoms with E-state index in [1.165, 1.54) is 21.3 Å². The molecule has 1 unspecified atom stereocenters. The SMILES string of the molecule is COc1cc(C(=O)NCCCNC(=O)C(Cc2ccccc2)NC(=O)CN(C(=O)O)C(C)(C)C)cc(OC)c1OC. The van der Waals surface area contributed by atoms with Crippen molar-refractivity contribution in [2.75, 3.05) is 41.0 Å². The summed E-state index contributed by atoms with van der Waals surface area (Å²) in [6, 6.07) is 11.3. The number of nitrogens with zero attached hydrogens (tertiary/aromatic N) is 1. The Hall–Kier alpha value is -4.48. The van der Waals surface area contributed by atoms with Gasteiger partial charge in [0.15, 0.2) is 11.5 Å². The second-order valence-corrected chi connectivity index (χ2v) is 10.2. The van der Waals surface area contributed by atoms with Gasteiger partial charge in [-0.25, -0.2) is 4.79 Å². The predicted molar refractivity (Wildman–Crippen MR) is 153 cm³/mol. The topological polar surface area (TPSA) is 156 Å². The molecule has 4 N–H and O–H groups in total. The minimum Gasteiger partial charge on any atom is -0.493 e.